The summed E-state index contributed by atoms with van der Waals surface area (Å²) < 4.78 is 0. The van der Waals surface area contributed by atoms with Crippen LogP contribution in [0.4, 0.5) is 0 Å². The van der Waals surface area contributed by atoms with Crippen LogP contribution in [0.15, 0.2) is 9.95 Å². The third-order valence-electron chi connectivity index (χ3n) is 3.08. The van der Waals surface area contributed by atoms with Crippen LogP contribution in [0.1, 0.15) is 64.1 Å². The maximum Gasteiger partial charge on any atom is 0.254 e. The lowest BCUT2D eigenvalue weighted by Gasteiger charge is -2.08. The van der Waals surface area contributed by atoms with Gasteiger partial charge in [-0.3, -0.25) is 4.79 Å². The minimum atomic E-state index is 0.0474. The number of aromatic amines is 1. The Labute approximate surface area is 120 Å². The van der Waals surface area contributed by atoms with Gasteiger partial charge in [-0.1, -0.05) is 58.2 Å². The SMILES string of the molecule is CCCCCCCc1c(C)nc(SC(C)C)[nH]c1=O. The van der Waals surface area contributed by atoms with Gasteiger partial charge in [-0.05, 0) is 19.8 Å². The smallest absolute Gasteiger partial charge is 0.254 e. The van der Waals surface area contributed by atoms with Gasteiger partial charge in [0.25, 0.3) is 5.56 Å². The van der Waals surface area contributed by atoms with Gasteiger partial charge in [-0.2, -0.15) is 0 Å². The van der Waals surface area contributed by atoms with Crippen LogP contribution in [-0.4, -0.2) is 15.2 Å². The lowest BCUT2D eigenvalue weighted by Crippen LogP contribution is -2.17. The number of hydrogen-bond donors (Lipinski definition) is 1. The average molecular weight is 282 g/mol. The third-order valence-corrected chi connectivity index (χ3v) is 3.97. The van der Waals surface area contributed by atoms with Crippen molar-refractivity contribution < 1.29 is 0 Å². The first-order valence-electron chi connectivity index (χ1n) is 7.31. The number of H-pyrrole nitrogens is 1. The van der Waals surface area contributed by atoms with Gasteiger partial charge in [-0.25, -0.2) is 4.98 Å². The van der Waals surface area contributed by atoms with Crippen LogP contribution in [0.5, 0.6) is 0 Å². The summed E-state index contributed by atoms with van der Waals surface area (Å²) in [4.78, 5) is 19.4. The van der Waals surface area contributed by atoms with Crippen molar-refractivity contribution in [2.24, 2.45) is 0 Å². The van der Waals surface area contributed by atoms with Crippen LogP contribution >= 0.6 is 11.8 Å². The predicted molar refractivity (Wildman–Crippen MR) is 83.1 cm³/mol. The highest BCUT2D eigenvalue weighted by Gasteiger charge is 2.09. The molecule has 0 spiro atoms. The first-order valence-corrected chi connectivity index (χ1v) is 8.19. The molecule has 0 aliphatic carbocycles. The van der Waals surface area contributed by atoms with E-state index in [0.29, 0.717) is 5.25 Å². The molecule has 0 aliphatic heterocycles. The molecule has 108 valence electrons. The summed E-state index contributed by atoms with van der Waals surface area (Å²) in [5.74, 6) is 0. The largest absolute Gasteiger partial charge is 0.301 e. The number of thioether (sulfide) groups is 1. The summed E-state index contributed by atoms with van der Waals surface area (Å²) in [6.07, 6.45) is 6.95. The summed E-state index contributed by atoms with van der Waals surface area (Å²) in [5.41, 5.74) is 1.80. The fraction of sp³-hybridized carbons (Fsp3) is 0.733. The summed E-state index contributed by atoms with van der Waals surface area (Å²) in [6, 6.07) is 0. The Morgan fingerprint density at radius 2 is 1.89 bits per heavy atom. The molecule has 0 fully saturated rings. The zero-order valence-electron chi connectivity index (χ0n) is 12.6. The number of nitrogens with one attached hydrogen (secondary N) is 1. The van der Waals surface area contributed by atoms with E-state index in [0.717, 1.165) is 29.3 Å². The molecule has 0 amide bonds. The number of aromatic nitrogens is 2. The minimum absolute atomic E-state index is 0.0474. The Balaban J connectivity index is 2.61. The quantitative estimate of drug-likeness (QED) is 0.444. The van der Waals surface area contributed by atoms with E-state index in [1.54, 1.807) is 11.8 Å². The van der Waals surface area contributed by atoms with Crippen LogP contribution < -0.4 is 5.56 Å². The molecule has 0 unspecified atom stereocenters. The Kier molecular flexibility index (Phi) is 7.21. The molecule has 1 aromatic rings. The van der Waals surface area contributed by atoms with E-state index in [4.69, 9.17) is 0 Å². The highest BCUT2D eigenvalue weighted by atomic mass is 32.2. The molecule has 0 aliphatic rings. The second-order valence-electron chi connectivity index (χ2n) is 5.27. The molecule has 0 bridgehead atoms. The lowest BCUT2D eigenvalue weighted by atomic mass is 10.1. The number of unbranched alkanes of at least 4 members (excludes halogenated alkanes) is 4. The van der Waals surface area contributed by atoms with E-state index in [9.17, 15) is 4.79 Å². The molecule has 4 heteroatoms. The number of rotatable bonds is 8. The van der Waals surface area contributed by atoms with E-state index in [2.05, 4.69) is 30.7 Å². The van der Waals surface area contributed by atoms with Crippen molar-refractivity contribution in [3.8, 4) is 0 Å². The van der Waals surface area contributed by atoms with Crippen LogP contribution in [-0.2, 0) is 6.42 Å². The molecule has 0 radical (unpaired) electrons. The van der Waals surface area contributed by atoms with Gasteiger partial charge in [0.2, 0.25) is 0 Å². The Morgan fingerprint density at radius 1 is 1.21 bits per heavy atom. The standard InChI is InChI=1S/C15H26N2OS/c1-5-6-7-8-9-10-13-12(4)16-15(17-14(13)18)19-11(2)3/h11H,5-10H2,1-4H3,(H,16,17,18). The molecule has 1 rings (SSSR count). The highest BCUT2D eigenvalue weighted by molar-refractivity contribution is 7.99. The molecule has 0 saturated heterocycles. The minimum Gasteiger partial charge on any atom is -0.301 e. The molecule has 0 saturated carbocycles. The van der Waals surface area contributed by atoms with Crippen LogP contribution in [0.2, 0.25) is 0 Å². The van der Waals surface area contributed by atoms with Crippen LogP contribution in [0.25, 0.3) is 0 Å². The number of aryl methyl sites for hydroxylation is 1. The maximum atomic E-state index is 12.1. The van der Waals surface area contributed by atoms with Gasteiger partial charge in [0.1, 0.15) is 0 Å². The van der Waals surface area contributed by atoms with Crippen molar-refractivity contribution in [1.82, 2.24) is 9.97 Å². The molecule has 1 N–H and O–H groups in total. The molecular formula is C15H26N2OS. The van der Waals surface area contributed by atoms with Crippen molar-refractivity contribution in [3.63, 3.8) is 0 Å². The molecule has 3 nitrogen and oxygen atoms in total. The van der Waals surface area contributed by atoms with Gasteiger partial charge in [0, 0.05) is 16.5 Å². The molecule has 0 aromatic carbocycles. The Bertz CT molecular complexity index is 440. The second-order valence-corrected chi connectivity index (χ2v) is 6.83. The first-order chi connectivity index (χ1) is 9.04. The van der Waals surface area contributed by atoms with E-state index in [1.807, 2.05) is 6.92 Å². The van der Waals surface area contributed by atoms with Crippen molar-refractivity contribution in [3.05, 3.63) is 21.6 Å². The zero-order valence-corrected chi connectivity index (χ0v) is 13.4. The van der Waals surface area contributed by atoms with Gasteiger partial charge < -0.3 is 4.98 Å². The second kappa shape index (κ2) is 8.41. The fourth-order valence-corrected chi connectivity index (χ4v) is 2.85. The van der Waals surface area contributed by atoms with Crippen molar-refractivity contribution in [2.45, 2.75) is 76.6 Å². The van der Waals surface area contributed by atoms with Crippen LogP contribution in [0.3, 0.4) is 0 Å². The number of nitrogens with zero attached hydrogens (tertiary/aromatic N) is 1. The summed E-state index contributed by atoms with van der Waals surface area (Å²) in [5, 5.41) is 1.18. The summed E-state index contributed by atoms with van der Waals surface area (Å²) >= 11 is 1.60. The van der Waals surface area contributed by atoms with Gasteiger partial charge in [0.15, 0.2) is 5.16 Å². The molecule has 19 heavy (non-hydrogen) atoms. The molecule has 1 aromatic heterocycles. The van der Waals surface area contributed by atoms with Crippen molar-refractivity contribution in [1.29, 1.82) is 0 Å². The van der Waals surface area contributed by atoms with Crippen molar-refractivity contribution in [2.75, 3.05) is 0 Å². The van der Waals surface area contributed by atoms with Gasteiger partial charge in [0.05, 0.1) is 0 Å². The summed E-state index contributed by atoms with van der Waals surface area (Å²) in [7, 11) is 0. The molecular weight excluding hydrogens is 256 g/mol. The third kappa shape index (κ3) is 5.81. The van der Waals surface area contributed by atoms with E-state index in [-0.39, 0.29) is 5.56 Å². The maximum absolute atomic E-state index is 12.1. The van der Waals surface area contributed by atoms with Gasteiger partial charge in [-0.15, -0.1) is 0 Å². The topological polar surface area (TPSA) is 45.8 Å². The summed E-state index contributed by atoms with van der Waals surface area (Å²) in [6.45, 7) is 8.36. The fourth-order valence-electron chi connectivity index (χ4n) is 2.06. The highest BCUT2D eigenvalue weighted by Crippen LogP contribution is 2.18. The first kappa shape index (κ1) is 16.3. The normalized spacial score (nSPS) is 11.2. The predicted octanol–water partition coefficient (Wildman–Crippen LogP) is 4.09. The number of hydrogen-bond acceptors (Lipinski definition) is 3. The molecule has 0 atom stereocenters. The zero-order chi connectivity index (χ0) is 14.3. The van der Waals surface area contributed by atoms with E-state index >= 15 is 0 Å². The molecule has 1 heterocycles. The van der Waals surface area contributed by atoms with E-state index in [1.165, 1.54) is 25.7 Å². The van der Waals surface area contributed by atoms with Gasteiger partial charge >= 0.3 is 0 Å². The average Bonchev–Trinajstić information content (AvgIpc) is 2.31. The lowest BCUT2D eigenvalue weighted by molar-refractivity contribution is 0.627. The van der Waals surface area contributed by atoms with E-state index < -0.39 is 0 Å². The van der Waals surface area contributed by atoms with Crippen molar-refractivity contribution >= 4 is 11.8 Å². The van der Waals surface area contributed by atoms with Crippen LogP contribution in [0, 0.1) is 6.92 Å². The Morgan fingerprint density at radius 3 is 2.47 bits per heavy atom. The monoisotopic (exact) mass is 282 g/mol. The Hall–Kier alpha value is -0.770.